The number of guanidine groups is 1. The predicted molar refractivity (Wildman–Crippen MR) is 108 cm³/mol. The largest absolute Gasteiger partial charge is 0.350 e. The summed E-state index contributed by atoms with van der Waals surface area (Å²) in [6, 6.07) is 8.67. The summed E-state index contributed by atoms with van der Waals surface area (Å²) in [6.07, 6.45) is 4.10. The summed E-state index contributed by atoms with van der Waals surface area (Å²) in [5.41, 5.74) is 2.86. The van der Waals surface area contributed by atoms with Gasteiger partial charge in [-0.3, -0.25) is 4.99 Å². The van der Waals surface area contributed by atoms with Gasteiger partial charge in [0.25, 0.3) is 0 Å². The average Bonchev–Trinajstić information content (AvgIpc) is 3.03. The van der Waals surface area contributed by atoms with Crippen LogP contribution in [0.4, 0.5) is 0 Å². The van der Waals surface area contributed by atoms with Crippen LogP contribution < -0.4 is 5.32 Å². The second-order valence-electron chi connectivity index (χ2n) is 5.41. The van der Waals surface area contributed by atoms with Gasteiger partial charge in [0.15, 0.2) is 5.96 Å². The number of aliphatic imine (C=N–C) groups is 1. The number of aryl methyl sites for hydroxylation is 1. The molecule has 0 fully saturated rings. The molecule has 1 N–H and O–H groups in total. The molecule has 0 saturated carbocycles. The minimum atomic E-state index is 0. The van der Waals surface area contributed by atoms with Crippen molar-refractivity contribution >= 4 is 41.3 Å². The highest BCUT2D eigenvalue weighted by Gasteiger charge is 2.18. The maximum atomic E-state index is 4.46. The van der Waals surface area contributed by atoms with E-state index in [0.717, 1.165) is 43.4 Å². The lowest BCUT2D eigenvalue weighted by atomic mass is 10.0. The van der Waals surface area contributed by atoms with Crippen LogP contribution in [0.5, 0.6) is 0 Å². The zero-order chi connectivity index (χ0) is 15.4. The van der Waals surface area contributed by atoms with Crippen molar-refractivity contribution in [1.82, 2.24) is 15.2 Å². The summed E-state index contributed by atoms with van der Waals surface area (Å²) in [5.74, 6) is 0.961. The zero-order valence-corrected chi connectivity index (χ0v) is 16.7. The quantitative estimate of drug-likeness (QED) is 0.450. The van der Waals surface area contributed by atoms with Crippen LogP contribution in [0.1, 0.15) is 27.9 Å². The normalized spacial score (nSPS) is 14.2. The Bertz CT molecular complexity index is 668. The third-order valence-electron chi connectivity index (χ3n) is 3.99. The van der Waals surface area contributed by atoms with E-state index in [2.05, 4.69) is 51.4 Å². The molecule has 4 nitrogen and oxygen atoms in total. The van der Waals surface area contributed by atoms with Gasteiger partial charge >= 0.3 is 0 Å². The van der Waals surface area contributed by atoms with E-state index < -0.39 is 0 Å². The molecule has 0 saturated heterocycles. The van der Waals surface area contributed by atoms with Crippen molar-refractivity contribution in [2.24, 2.45) is 4.99 Å². The van der Waals surface area contributed by atoms with Crippen molar-refractivity contribution in [3.8, 4) is 0 Å². The molecule has 0 bridgehead atoms. The first kappa shape index (κ1) is 18.2. The minimum Gasteiger partial charge on any atom is -0.350 e. The Balaban J connectivity index is 0.00000192. The topological polar surface area (TPSA) is 40.5 Å². The number of thiazole rings is 1. The number of fused-ring (bicyclic) bond motifs is 1. The number of nitrogens with one attached hydrogen (secondary N) is 1. The van der Waals surface area contributed by atoms with E-state index in [-0.39, 0.29) is 24.0 Å². The number of nitrogens with zero attached hydrogens (tertiary/aromatic N) is 3. The van der Waals surface area contributed by atoms with Crippen LogP contribution in [-0.4, -0.2) is 29.4 Å². The molecule has 1 aromatic heterocycles. The molecule has 1 aliphatic rings. The molecule has 1 aliphatic heterocycles. The highest BCUT2D eigenvalue weighted by molar-refractivity contribution is 14.0. The molecular formula is C17H23IN4S. The maximum absolute atomic E-state index is 4.46. The maximum Gasteiger partial charge on any atom is 0.194 e. The smallest absolute Gasteiger partial charge is 0.194 e. The van der Waals surface area contributed by atoms with Gasteiger partial charge in [0.2, 0.25) is 0 Å². The van der Waals surface area contributed by atoms with Crippen LogP contribution >= 0.6 is 35.3 Å². The summed E-state index contributed by atoms with van der Waals surface area (Å²) in [4.78, 5) is 12.5. The van der Waals surface area contributed by atoms with Crippen LogP contribution in [0.25, 0.3) is 0 Å². The molecule has 0 aliphatic carbocycles. The number of rotatable bonds is 3. The van der Waals surface area contributed by atoms with Gasteiger partial charge in [0, 0.05) is 31.2 Å². The molecule has 124 valence electrons. The number of halogens is 1. The number of benzene rings is 1. The van der Waals surface area contributed by atoms with Crippen LogP contribution in [0.3, 0.4) is 0 Å². The molecule has 2 heterocycles. The SMILES string of the molecule is CCc1cnc(CNC(=NC)N2CCc3ccccc3C2)s1.I. The molecule has 2 aromatic rings. The fourth-order valence-corrected chi connectivity index (χ4v) is 3.56. The van der Waals surface area contributed by atoms with Gasteiger partial charge in [0.05, 0.1) is 6.54 Å². The fraction of sp³-hybridized carbons (Fsp3) is 0.412. The van der Waals surface area contributed by atoms with Gasteiger partial charge in [-0.25, -0.2) is 4.98 Å². The van der Waals surface area contributed by atoms with Crippen molar-refractivity contribution in [3.05, 3.63) is 51.5 Å². The minimum absolute atomic E-state index is 0. The van der Waals surface area contributed by atoms with Crippen molar-refractivity contribution in [2.75, 3.05) is 13.6 Å². The van der Waals surface area contributed by atoms with Crippen molar-refractivity contribution in [3.63, 3.8) is 0 Å². The third-order valence-corrected chi connectivity index (χ3v) is 5.13. The Hall–Kier alpha value is -1.15. The van der Waals surface area contributed by atoms with Gasteiger partial charge in [-0.15, -0.1) is 35.3 Å². The molecular weight excluding hydrogens is 419 g/mol. The summed E-state index contributed by atoms with van der Waals surface area (Å²) in [5, 5.41) is 4.57. The van der Waals surface area contributed by atoms with E-state index in [9.17, 15) is 0 Å². The van der Waals surface area contributed by atoms with Crippen molar-refractivity contribution in [2.45, 2.75) is 32.9 Å². The first-order chi connectivity index (χ1) is 10.8. The second-order valence-corrected chi connectivity index (χ2v) is 6.61. The first-order valence-electron chi connectivity index (χ1n) is 7.76. The van der Waals surface area contributed by atoms with Crippen LogP contribution in [0.15, 0.2) is 35.5 Å². The van der Waals surface area contributed by atoms with Crippen LogP contribution in [0, 0.1) is 0 Å². The van der Waals surface area contributed by atoms with E-state index in [0.29, 0.717) is 0 Å². The Morgan fingerprint density at radius 2 is 2.13 bits per heavy atom. The monoisotopic (exact) mass is 442 g/mol. The first-order valence-corrected chi connectivity index (χ1v) is 8.57. The van der Waals surface area contributed by atoms with Crippen LogP contribution in [-0.2, 0) is 25.9 Å². The summed E-state index contributed by atoms with van der Waals surface area (Å²) >= 11 is 1.77. The lowest BCUT2D eigenvalue weighted by Crippen LogP contribution is -2.43. The average molecular weight is 442 g/mol. The molecule has 0 atom stereocenters. The number of hydrogen-bond donors (Lipinski definition) is 1. The Labute approximate surface area is 159 Å². The standard InChI is InChI=1S/C17H22N4S.HI/c1-3-15-10-19-16(22-15)11-20-17(18-2)21-9-8-13-6-4-5-7-14(13)12-21;/h4-7,10H,3,8-9,11-12H2,1-2H3,(H,18,20);1H. The van der Waals surface area contributed by atoms with Gasteiger partial charge in [-0.05, 0) is 24.0 Å². The lowest BCUT2D eigenvalue weighted by Gasteiger charge is -2.31. The lowest BCUT2D eigenvalue weighted by molar-refractivity contribution is 0.378. The summed E-state index contributed by atoms with van der Waals surface area (Å²) in [7, 11) is 1.85. The zero-order valence-electron chi connectivity index (χ0n) is 13.6. The van der Waals surface area contributed by atoms with Gasteiger partial charge < -0.3 is 10.2 Å². The summed E-state index contributed by atoms with van der Waals surface area (Å²) in [6.45, 7) is 4.84. The van der Waals surface area contributed by atoms with E-state index in [4.69, 9.17) is 0 Å². The van der Waals surface area contributed by atoms with Gasteiger partial charge in [-0.1, -0.05) is 31.2 Å². The Morgan fingerprint density at radius 3 is 2.83 bits per heavy atom. The molecule has 0 amide bonds. The predicted octanol–water partition coefficient (Wildman–Crippen LogP) is 3.46. The Kier molecular flexibility index (Phi) is 6.83. The van der Waals surface area contributed by atoms with E-state index in [1.165, 1.54) is 16.0 Å². The Morgan fingerprint density at radius 1 is 1.35 bits per heavy atom. The molecule has 1 aromatic carbocycles. The van der Waals surface area contributed by atoms with E-state index in [1.807, 2.05) is 13.2 Å². The van der Waals surface area contributed by atoms with Gasteiger partial charge in [-0.2, -0.15) is 0 Å². The van der Waals surface area contributed by atoms with E-state index in [1.54, 1.807) is 11.3 Å². The second kappa shape index (κ2) is 8.63. The number of aromatic nitrogens is 1. The third kappa shape index (κ3) is 4.44. The van der Waals surface area contributed by atoms with E-state index >= 15 is 0 Å². The summed E-state index contributed by atoms with van der Waals surface area (Å²) < 4.78 is 0. The van der Waals surface area contributed by atoms with Crippen molar-refractivity contribution < 1.29 is 0 Å². The molecule has 0 unspecified atom stereocenters. The molecule has 23 heavy (non-hydrogen) atoms. The van der Waals surface area contributed by atoms with Gasteiger partial charge in [0.1, 0.15) is 5.01 Å². The molecule has 0 spiro atoms. The molecule has 0 radical (unpaired) electrons. The molecule has 3 rings (SSSR count). The van der Waals surface area contributed by atoms with Crippen LogP contribution in [0.2, 0.25) is 0 Å². The van der Waals surface area contributed by atoms with Crippen molar-refractivity contribution in [1.29, 1.82) is 0 Å². The highest BCUT2D eigenvalue weighted by atomic mass is 127. The fourth-order valence-electron chi connectivity index (χ4n) is 2.76. The number of hydrogen-bond acceptors (Lipinski definition) is 3. The molecule has 6 heteroatoms. The highest BCUT2D eigenvalue weighted by Crippen LogP contribution is 2.19.